The number of benzene rings is 1. The number of amides is 1. The molecule has 1 fully saturated rings. The normalized spacial score (nSPS) is 21.8. The molecule has 0 spiro atoms. The third kappa shape index (κ3) is 3.82. The lowest BCUT2D eigenvalue weighted by Crippen LogP contribution is -2.49. The van der Waals surface area contributed by atoms with E-state index >= 15 is 0 Å². The van der Waals surface area contributed by atoms with Crippen molar-refractivity contribution in [1.82, 2.24) is 9.47 Å². The number of aromatic nitrogens is 1. The Morgan fingerprint density at radius 2 is 1.82 bits per heavy atom. The van der Waals surface area contributed by atoms with Gasteiger partial charge in [-0.15, -0.1) is 0 Å². The first-order chi connectivity index (χ1) is 13.3. The first-order valence-electron chi connectivity index (χ1n) is 9.19. The zero-order valence-corrected chi connectivity index (χ0v) is 15.1. The van der Waals surface area contributed by atoms with Crippen LogP contribution in [0.2, 0.25) is 0 Å². The Morgan fingerprint density at radius 3 is 2.54 bits per heavy atom. The number of carbonyl (C=O) groups excluding carboxylic acids is 1. The zero-order chi connectivity index (χ0) is 19.9. The molecule has 1 aromatic carbocycles. The molecule has 3 heterocycles. The molecule has 0 saturated carbocycles. The van der Waals surface area contributed by atoms with Gasteiger partial charge in [-0.05, 0) is 42.7 Å². The van der Waals surface area contributed by atoms with Gasteiger partial charge in [0.05, 0.1) is 12.1 Å². The van der Waals surface area contributed by atoms with Crippen molar-refractivity contribution in [1.29, 1.82) is 0 Å². The summed E-state index contributed by atoms with van der Waals surface area (Å²) in [6, 6.07) is 9.73. The molecule has 8 heteroatoms. The molecule has 2 aromatic rings. The Bertz CT molecular complexity index is 937. The van der Waals surface area contributed by atoms with E-state index in [2.05, 4.69) is 10.2 Å². The quantitative estimate of drug-likeness (QED) is 0.876. The van der Waals surface area contributed by atoms with Gasteiger partial charge in [-0.2, -0.15) is 13.2 Å². The molecular weight excluding hydrogens is 371 g/mol. The smallest absolute Gasteiger partial charge is 0.325 e. The highest BCUT2D eigenvalue weighted by atomic mass is 19.4. The number of hydrogen-bond donors (Lipinski definition) is 1. The van der Waals surface area contributed by atoms with Crippen LogP contribution >= 0.6 is 0 Å². The van der Waals surface area contributed by atoms with Crippen LogP contribution in [-0.2, 0) is 17.5 Å². The fourth-order valence-corrected chi connectivity index (χ4v) is 4.27. The van der Waals surface area contributed by atoms with Gasteiger partial charge < -0.3 is 9.88 Å². The second kappa shape index (κ2) is 7.09. The highest BCUT2D eigenvalue weighted by molar-refractivity contribution is 5.92. The average molecular weight is 391 g/mol. The summed E-state index contributed by atoms with van der Waals surface area (Å²) in [5, 5.41) is 2.66. The van der Waals surface area contributed by atoms with E-state index in [4.69, 9.17) is 0 Å². The molecule has 0 aliphatic carbocycles. The summed E-state index contributed by atoms with van der Waals surface area (Å²) in [7, 11) is 0. The van der Waals surface area contributed by atoms with Crippen LogP contribution in [0.4, 0.5) is 18.9 Å². The molecule has 1 amide bonds. The van der Waals surface area contributed by atoms with Crippen molar-refractivity contribution < 1.29 is 18.0 Å². The van der Waals surface area contributed by atoms with Gasteiger partial charge >= 0.3 is 6.18 Å². The molecule has 2 aliphatic rings. The maximum atomic E-state index is 12.6. The van der Waals surface area contributed by atoms with Crippen LogP contribution in [0, 0.1) is 5.92 Å². The zero-order valence-electron chi connectivity index (χ0n) is 15.1. The largest absolute Gasteiger partial charge is 0.416 e. The Hall–Kier alpha value is -2.61. The molecular formula is C20H20F3N3O2. The summed E-state index contributed by atoms with van der Waals surface area (Å²) in [5.41, 5.74) is 0.618. The van der Waals surface area contributed by atoms with Crippen LogP contribution in [-0.4, -0.2) is 35.0 Å². The Kier molecular flexibility index (Phi) is 4.74. The van der Waals surface area contributed by atoms with Crippen LogP contribution in [0.15, 0.2) is 47.3 Å². The molecule has 2 bridgehead atoms. The van der Waals surface area contributed by atoms with Crippen molar-refractivity contribution in [2.45, 2.75) is 25.1 Å². The first-order valence-corrected chi connectivity index (χ1v) is 9.19. The second-order valence-corrected chi connectivity index (χ2v) is 7.52. The monoisotopic (exact) mass is 391 g/mol. The molecule has 2 atom stereocenters. The topological polar surface area (TPSA) is 54.3 Å². The van der Waals surface area contributed by atoms with Gasteiger partial charge in [-0.3, -0.25) is 14.5 Å². The number of nitrogens with one attached hydrogen (secondary N) is 1. The van der Waals surface area contributed by atoms with E-state index in [0.29, 0.717) is 24.7 Å². The van der Waals surface area contributed by atoms with Gasteiger partial charge in [0.25, 0.3) is 5.56 Å². The number of fused-ring (bicyclic) bond motifs is 4. The second-order valence-electron chi connectivity index (χ2n) is 7.52. The summed E-state index contributed by atoms with van der Waals surface area (Å²) in [5.74, 6) is 0.260. The number of anilines is 1. The van der Waals surface area contributed by atoms with Gasteiger partial charge in [-0.1, -0.05) is 6.07 Å². The Balaban J connectivity index is 1.39. The number of halogens is 3. The number of piperidine rings is 1. The molecule has 1 saturated heterocycles. The van der Waals surface area contributed by atoms with Crippen LogP contribution in [0.1, 0.15) is 23.6 Å². The predicted octanol–water partition coefficient (Wildman–Crippen LogP) is 2.92. The standard InChI is InChI=1S/C20H20F3N3O2/c21-20(22,23)15-4-6-16(7-5-15)24-18(27)12-25-9-13-8-14(11-25)17-2-1-3-19(28)26(17)10-13/h1-7,13-14H,8-12H2,(H,24,27)/t13-,14-/m1/s1. The van der Waals surface area contributed by atoms with Crippen molar-refractivity contribution in [3.8, 4) is 0 Å². The number of likely N-dealkylation sites (tertiary alicyclic amines) is 1. The number of hydrogen-bond acceptors (Lipinski definition) is 3. The SMILES string of the molecule is O=C(CN1C[C@H]2C[C@H](C1)c1cccc(=O)n1C2)Nc1ccc(C(F)(F)F)cc1. The van der Waals surface area contributed by atoms with Crippen LogP contribution in [0.25, 0.3) is 0 Å². The van der Waals surface area contributed by atoms with E-state index in [1.807, 2.05) is 10.6 Å². The van der Waals surface area contributed by atoms with E-state index in [0.717, 1.165) is 30.8 Å². The molecule has 1 N–H and O–H groups in total. The van der Waals surface area contributed by atoms with Gasteiger partial charge in [0, 0.05) is 43.0 Å². The molecule has 2 aliphatic heterocycles. The summed E-state index contributed by atoms with van der Waals surface area (Å²) in [6.45, 7) is 2.23. The van der Waals surface area contributed by atoms with Crippen LogP contribution < -0.4 is 10.9 Å². The fraction of sp³-hybridized carbons (Fsp3) is 0.400. The summed E-state index contributed by atoms with van der Waals surface area (Å²) in [6.07, 6.45) is -3.40. The van der Waals surface area contributed by atoms with Crippen LogP contribution in [0.5, 0.6) is 0 Å². The predicted molar refractivity (Wildman–Crippen MR) is 98.1 cm³/mol. The van der Waals surface area contributed by atoms with Gasteiger partial charge in [0.15, 0.2) is 0 Å². The van der Waals surface area contributed by atoms with Crippen molar-refractivity contribution in [3.63, 3.8) is 0 Å². The Labute approximate surface area is 159 Å². The lowest BCUT2D eigenvalue weighted by molar-refractivity contribution is -0.137. The number of rotatable bonds is 3. The molecule has 28 heavy (non-hydrogen) atoms. The summed E-state index contributed by atoms with van der Waals surface area (Å²) >= 11 is 0. The maximum Gasteiger partial charge on any atom is 0.416 e. The third-order valence-electron chi connectivity index (χ3n) is 5.42. The summed E-state index contributed by atoms with van der Waals surface area (Å²) in [4.78, 5) is 26.5. The number of pyridine rings is 1. The fourth-order valence-electron chi connectivity index (χ4n) is 4.27. The van der Waals surface area contributed by atoms with E-state index in [1.54, 1.807) is 12.1 Å². The average Bonchev–Trinajstić information content (AvgIpc) is 2.62. The lowest BCUT2D eigenvalue weighted by Gasteiger charge is -2.42. The van der Waals surface area contributed by atoms with Crippen molar-refractivity contribution in [2.75, 3.05) is 25.0 Å². The third-order valence-corrected chi connectivity index (χ3v) is 5.42. The van der Waals surface area contributed by atoms with Gasteiger partial charge in [-0.25, -0.2) is 0 Å². The number of nitrogens with zero attached hydrogens (tertiary/aromatic N) is 2. The Morgan fingerprint density at radius 1 is 1.07 bits per heavy atom. The number of carbonyl (C=O) groups is 1. The highest BCUT2D eigenvalue weighted by Crippen LogP contribution is 2.35. The molecule has 148 valence electrons. The number of alkyl halides is 3. The van der Waals surface area contributed by atoms with E-state index in [-0.39, 0.29) is 23.9 Å². The minimum absolute atomic E-state index is 0.0145. The van der Waals surface area contributed by atoms with E-state index in [9.17, 15) is 22.8 Å². The van der Waals surface area contributed by atoms with E-state index < -0.39 is 11.7 Å². The molecule has 1 aromatic heterocycles. The lowest BCUT2D eigenvalue weighted by atomic mass is 9.83. The molecule has 0 unspecified atom stereocenters. The van der Waals surface area contributed by atoms with Crippen LogP contribution in [0.3, 0.4) is 0 Å². The minimum atomic E-state index is -4.40. The van der Waals surface area contributed by atoms with Crippen molar-refractivity contribution in [3.05, 3.63) is 64.1 Å². The molecule has 5 nitrogen and oxygen atoms in total. The molecule has 4 rings (SSSR count). The van der Waals surface area contributed by atoms with E-state index in [1.165, 1.54) is 12.1 Å². The van der Waals surface area contributed by atoms with Gasteiger partial charge in [0.1, 0.15) is 0 Å². The first kappa shape index (κ1) is 18.7. The highest BCUT2D eigenvalue weighted by Gasteiger charge is 2.35. The maximum absolute atomic E-state index is 12.6. The molecule has 0 radical (unpaired) electrons. The van der Waals surface area contributed by atoms with Crippen molar-refractivity contribution >= 4 is 11.6 Å². The summed E-state index contributed by atoms with van der Waals surface area (Å²) < 4.78 is 39.7. The van der Waals surface area contributed by atoms with Gasteiger partial charge in [0.2, 0.25) is 5.91 Å². The minimum Gasteiger partial charge on any atom is -0.325 e. The van der Waals surface area contributed by atoms with Crippen molar-refractivity contribution in [2.24, 2.45) is 5.92 Å².